The number of tetrazole rings is 1. The van der Waals surface area contributed by atoms with Gasteiger partial charge in [0.2, 0.25) is 15.2 Å². The van der Waals surface area contributed by atoms with Gasteiger partial charge in [0.15, 0.2) is 0 Å². The van der Waals surface area contributed by atoms with Gasteiger partial charge < -0.3 is 0 Å². The van der Waals surface area contributed by atoms with Crippen molar-refractivity contribution in [2.75, 3.05) is 5.75 Å². The van der Waals surface area contributed by atoms with Gasteiger partial charge >= 0.3 is 0 Å². The van der Waals surface area contributed by atoms with Crippen LogP contribution < -0.4 is 4.72 Å². The van der Waals surface area contributed by atoms with Gasteiger partial charge in [0.05, 0.1) is 4.90 Å². The number of rotatable bonds is 8. The number of aromatic nitrogens is 4. The van der Waals surface area contributed by atoms with Gasteiger partial charge in [0, 0.05) is 18.8 Å². The standard InChI is InChI=1S/C18H21N5O2S2/c1-14-8-10-16(11-9-14)27(24,25)20-17(15-6-4-3-5-7-15)12-13-26-18-19-21-22-23(18)2/h3-11,17,20H,12-13H2,1-2H3. The highest BCUT2D eigenvalue weighted by molar-refractivity contribution is 7.99. The summed E-state index contributed by atoms with van der Waals surface area (Å²) in [6.07, 6.45) is 0.604. The fourth-order valence-electron chi connectivity index (χ4n) is 2.56. The van der Waals surface area contributed by atoms with Crippen molar-refractivity contribution in [3.63, 3.8) is 0 Å². The van der Waals surface area contributed by atoms with Crippen LogP contribution in [0.4, 0.5) is 0 Å². The lowest BCUT2D eigenvalue weighted by molar-refractivity contribution is 0.551. The van der Waals surface area contributed by atoms with E-state index in [0.717, 1.165) is 11.1 Å². The first-order valence-corrected chi connectivity index (χ1v) is 10.9. The minimum atomic E-state index is -3.62. The summed E-state index contributed by atoms with van der Waals surface area (Å²) in [7, 11) is -1.85. The summed E-state index contributed by atoms with van der Waals surface area (Å²) in [5.74, 6) is 0.671. The predicted molar refractivity (Wildman–Crippen MR) is 105 cm³/mol. The molecule has 1 N–H and O–H groups in total. The highest BCUT2D eigenvalue weighted by Crippen LogP contribution is 2.24. The monoisotopic (exact) mass is 403 g/mol. The Morgan fingerprint density at radius 2 is 1.81 bits per heavy atom. The van der Waals surface area contributed by atoms with Crippen molar-refractivity contribution in [3.05, 3.63) is 65.7 Å². The lowest BCUT2D eigenvalue weighted by Crippen LogP contribution is -2.29. The Morgan fingerprint density at radius 3 is 2.44 bits per heavy atom. The van der Waals surface area contributed by atoms with Crippen LogP contribution in [-0.4, -0.2) is 34.4 Å². The summed E-state index contributed by atoms with van der Waals surface area (Å²) in [4.78, 5) is 0.263. The second-order valence-electron chi connectivity index (χ2n) is 6.12. The molecular formula is C18H21N5O2S2. The van der Waals surface area contributed by atoms with Crippen LogP contribution in [0.5, 0.6) is 0 Å². The number of sulfonamides is 1. The molecule has 0 aliphatic carbocycles. The van der Waals surface area contributed by atoms with Gasteiger partial charge in [-0.3, -0.25) is 0 Å². The topological polar surface area (TPSA) is 89.8 Å². The van der Waals surface area contributed by atoms with E-state index in [4.69, 9.17) is 0 Å². The summed E-state index contributed by atoms with van der Waals surface area (Å²) in [5.41, 5.74) is 1.94. The molecule has 3 aromatic rings. The Labute approximate surface area is 163 Å². The van der Waals surface area contributed by atoms with E-state index in [1.54, 1.807) is 36.0 Å². The first-order chi connectivity index (χ1) is 13.0. The molecule has 0 fully saturated rings. The summed E-state index contributed by atoms with van der Waals surface area (Å²) < 4.78 is 30.1. The number of nitrogens with zero attached hydrogens (tertiary/aromatic N) is 4. The highest BCUT2D eigenvalue weighted by atomic mass is 32.2. The molecule has 1 aromatic heterocycles. The largest absolute Gasteiger partial charge is 0.241 e. The van der Waals surface area contributed by atoms with Gasteiger partial charge in [-0.2, -0.15) is 0 Å². The average molecular weight is 404 g/mol. The second-order valence-corrected chi connectivity index (χ2v) is 8.90. The molecule has 0 spiro atoms. The van der Waals surface area contributed by atoms with Crippen molar-refractivity contribution >= 4 is 21.8 Å². The molecule has 0 aliphatic heterocycles. The highest BCUT2D eigenvalue weighted by Gasteiger charge is 2.21. The van der Waals surface area contributed by atoms with Gasteiger partial charge in [-0.05, 0) is 41.5 Å². The van der Waals surface area contributed by atoms with E-state index in [0.29, 0.717) is 17.3 Å². The van der Waals surface area contributed by atoms with Crippen molar-refractivity contribution < 1.29 is 8.42 Å². The van der Waals surface area contributed by atoms with Crippen LogP contribution in [0.25, 0.3) is 0 Å². The fraction of sp³-hybridized carbons (Fsp3) is 0.278. The molecule has 1 atom stereocenters. The number of hydrogen-bond acceptors (Lipinski definition) is 6. The molecule has 0 aliphatic rings. The zero-order valence-corrected chi connectivity index (χ0v) is 16.7. The van der Waals surface area contributed by atoms with E-state index in [1.165, 1.54) is 11.8 Å². The van der Waals surface area contributed by atoms with Gasteiger partial charge in [-0.25, -0.2) is 17.8 Å². The summed E-state index contributed by atoms with van der Waals surface area (Å²) in [6, 6.07) is 16.1. The number of thioether (sulfide) groups is 1. The Kier molecular flexibility index (Phi) is 6.25. The molecular weight excluding hydrogens is 382 g/mol. The SMILES string of the molecule is Cc1ccc(S(=O)(=O)NC(CCSc2nnnn2C)c2ccccc2)cc1. The molecule has 9 heteroatoms. The average Bonchev–Trinajstić information content (AvgIpc) is 3.07. The van der Waals surface area contributed by atoms with Crippen molar-refractivity contribution in [1.29, 1.82) is 0 Å². The maximum Gasteiger partial charge on any atom is 0.241 e. The van der Waals surface area contributed by atoms with Crippen LogP contribution in [0, 0.1) is 6.92 Å². The Balaban J connectivity index is 1.75. The van der Waals surface area contributed by atoms with Crippen LogP contribution in [0.15, 0.2) is 64.6 Å². The molecule has 0 bridgehead atoms. The van der Waals surface area contributed by atoms with Crippen molar-refractivity contribution in [3.8, 4) is 0 Å². The van der Waals surface area contributed by atoms with E-state index in [1.807, 2.05) is 37.3 Å². The normalized spacial score (nSPS) is 12.8. The van der Waals surface area contributed by atoms with Crippen molar-refractivity contribution in [2.45, 2.75) is 29.4 Å². The Hall–Kier alpha value is -2.23. The van der Waals surface area contributed by atoms with Crippen LogP contribution >= 0.6 is 11.8 Å². The quantitative estimate of drug-likeness (QED) is 0.582. The van der Waals surface area contributed by atoms with Crippen LogP contribution in [-0.2, 0) is 17.1 Å². The first kappa shape index (κ1) is 19.5. The third-order valence-corrected chi connectivity index (χ3v) is 6.58. The molecule has 27 heavy (non-hydrogen) atoms. The second kappa shape index (κ2) is 8.64. The van der Waals surface area contributed by atoms with E-state index in [-0.39, 0.29) is 10.9 Å². The third kappa shape index (κ3) is 5.15. The summed E-state index contributed by atoms with van der Waals surface area (Å²) in [6.45, 7) is 1.93. The van der Waals surface area contributed by atoms with Crippen LogP contribution in [0.1, 0.15) is 23.6 Å². The predicted octanol–water partition coefficient (Wildman–Crippen LogP) is 2.72. The summed E-state index contributed by atoms with van der Waals surface area (Å²) in [5, 5.41) is 12.1. The van der Waals surface area contributed by atoms with Gasteiger partial charge in [0.25, 0.3) is 0 Å². The fourth-order valence-corrected chi connectivity index (χ4v) is 4.68. The van der Waals surface area contributed by atoms with Gasteiger partial charge in [-0.15, -0.1) is 5.10 Å². The van der Waals surface area contributed by atoms with Crippen molar-refractivity contribution in [2.24, 2.45) is 7.05 Å². The molecule has 1 heterocycles. The zero-order valence-electron chi connectivity index (χ0n) is 15.1. The lowest BCUT2D eigenvalue weighted by atomic mass is 10.1. The molecule has 7 nitrogen and oxygen atoms in total. The zero-order chi connectivity index (χ0) is 19.3. The molecule has 2 aromatic carbocycles. The van der Waals surface area contributed by atoms with E-state index >= 15 is 0 Å². The number of benzene rings is 2. The third-order valence-electron chi connectivity index (χ3n) is 4.05. The molecule has 3 rings (SSSR count). The summed E-state index contributed by atoms with van der Waals surface area (Å²) >= 11 is 1.49. The van der Waals surface area contributed by atoms with Crippen LogP contribution in [0.3, 0.4) is 0 Å². The number of aryl methyl sites for hydroxylation is 2. The lowest BCUT2D eigenvalue weighted by Gasteiger charge is -2.19. The smallest absolute Gasteiger partial charge is 0.224 e. The van der Waals surface area contributed by atoms with E-state index < -0.39 is 10.0 Å². The minimum absolute atomic E-state index is 0.263. The molecule has 1 unspecified atom stereocenters. The van der Waals surface area contributed by atoms with Crippen molar-refractivity contribution in [1.82, 2.24) is 24.9 Å². The molecule has 0 saturated carbocycles. The minimum Gasteiger partial charge on any atom is -0.224 e. The van der Waals surface area contributed by atoms with Gasteiger partial charge in [-0.1, -0.05) is 59.8 Å². The van der Waals surface area contributed by atoms with Gasteiger partial charge in [0.1, 0.15) is 0 Å². The maximum absolute atomic E-state index is 12.8. The van der Waals surface area contributed by atoms with Crippen LogP contribution in [0.2, 0.25) is 0 Å². The maximum atomic E-state index is 12.8. The number of hydrogen-bond donors (Lipinski definition) is 1. The molecule has 0 saturated heterocycles. The molecule has 0 radical (unpaired) electrons. The number of nitrogens with one attached hydrogen (secondary N) is 1. The first-order valence-electron chi connectivity index (χ1n) is 8.45. The Bertz CT molecular complexity index is 973. The molecule has 142 valence electrons. The van der Waals surface area contributed by atoms with E-state index in [9.17, 15) is 8.42 Å². The van der Waals surface area contributed by atoms with E-state index in [2.05, 4.69) is 20.2 Å². The Morgan fingerprint density at radius 1 is 1.11 bits per heavy atom. The molecule has 0 amide bonds.